The van der Waals surface area contributed by atoms with Gasteiger partial charge in [-0.25, -0.2) is 9.97 Å². The maximum Gasteiger partial charge on any atom is 0.235 e. The molecule has 0 saturated carbocycles. The molecule has 1 aliphatic carbocycles. The van der Waals surface area contributed by atoms with Crippen LogP contribution < -0.4 is 0 Å². The number of allylic oxidation sites excluding steroid dienone is 4. The quantitative estimate of drug-likeness (QED) is 0.178. The van der Waals surface area contributed by atoms with Gasteiger partial charge in [-0.2, -0.15) is 0 Å². The van der Waals surface area contributed by atoms with E-state index in [1.165, 1.54) is 58.6 Å². The van der Waals surface area contributed by atoms with E-state index in [-0.39, 0.29) is 5.92 Å². The van der Waals surface area contributed by atoms with Gasteiger partial charge in [-0.05, 0) is 72.7 Å². The molecule has 1 unspecified atom stereocenters. The molecule has 290 valence electrons. The average Bonchev–Trinajstić information content (AvgIpc) is 4.09. The van der Waals surface area contributed by atoms with Crippen molar-refractivity contribution < 1.29 is 4.42 Å². The molecule has 5 heterocycles. The lowest BCUT2D eigenvalue weighted by Gasteiger charge is -2.20. The number of hydrogen-bond acceptors (Lipinski definition) is 4. The molecular formula is C56H34N4OS. The van der Waals surface area contributed by atoms with Gasteiger partial charge in [-0.15, -0.1) is 11.3 Å². The first-order valence-corrected chi connectivity index (χ1v) is 22.0. The summed E-state index contributed by atoms with van der Waals surface area (Å²) in [5.41, 5.74) is 11.5. The van der Waals surface area contributed by atoms with Gasteiger partial charge in [0.25, 0.3) is 0 Å². The Hall–Kier alpha value is -7.80. The van der Waals surface area contributed by atoms with Crippen LogP contribution >= 0.6 is 11.3 Å². The fourth-order valence-corrected chi connectivity index (χ4v) is 11.4. The molecule has 0 fully saturated rings. The number of nitrogens with zero attached hydrogens (tertiary/aromatic N) is 4. The van der Waals surface area contributed by atoms with Crippen molar-refractivity contribution in [1.82, 2.24) is 19.1 Å². The Morgan fingerprint density at radius 1 is 0.532 bits per heavy atom. The van der Waals surface area contributed by atoms with Crippen LogP contribution in [0.5, 0.6) is 0 Å². The molecule has 0 N–H and O–H groups in total. The molecule has 5 aromatic heterocycles. The Kier molecular flexibility index (Phi) is 7.04. The number of hydrogen-bond donors (Lipinski definition) is 0. The van der Waals surface area contributed by atoms with E-state index in [1.807, 2.05) is 11.3 Å². The number of aromatic nitrogens is 4. The van der Waals surface area contributed by atoms with Crippen LogP contribution in [-0.2, 0) is 0 Å². The van der Waals surface area contributed by atoms with E-state index < -0.39 is 0 Å². The first kappa shape index (κ1) is 34.0. The van der Waals surface area contributed by atoms with Gasteiger partial charge >= 0.3 is 0 Å². The molecule has 0 saturated heterocycles. The molecule has 8 aromatic carbocycles. The van der Waals surface area contributed by atoms with Gasteiger partial charge in [0.2, 0.25) is 5.95 Å². The fraction of sp³-hybridized carbons (Fsp3) is 0.0357. The molecule has 14 rings (SSSR count). The number of rotatable bonds is 4. The Morgan fingerprint density at radius 2 is 1.18 bits per heavy atom. The highest BCUT2D eigenvalue weighted by Crippen LogP contribution is 2.47. The van der Waals surface area contributed by atoms with Gasteiger partial charge < -0.3 is 8.98 Å². The second kappa shape index (κ2) is 12.9. The maximum absolute atomic E-state index is 6.92. The highest BCUT2D eigenvalue weighted by molar-refractivity contribution is 7.25. The molecule has 0 aliphatic heterocycles. The van der Waals surface area contributed by atoms with Gasteiger partial charge in [0.05, 0.1) is 27.8 Å². The molecule has 62 heavy (non-hydrogen) atoms. The second-order valence-corrected chi connectivity index (χ2v) is 17.5. The lowest BCUT2D eigenvalue weighted by molar-refractivity contribution is 0.670. The van der Waals surface area contributed by atoms with Crippen LogP contribution in [-0.4, -0.2) is 19.1 Å². The van der Waals surface area contributed by atoms with Crippen LogP contribution in [0.2, 0.25) is 0 Å². The summed E-state index contributed by atoms with van der Waals surface area (Å²) in [4.78, 5) is 10.9. The minimum atomic E-state index is 0.118. The summed E-state index contributed by atoms with van der Waals surface area (Å²) < 4.78 is 14.2. The predicted molar refractivity (Wildman–Crippen MR) is 260 cm³/mol. The zero-order valence-electron chi connectivity index (χ0n) is 33.3. The topological polar surface area (TPSA) is 48.8 Å². The Bertz CT molecular complexity index is 4050. The standard InChI is InChI=1S/C56H34N4OS/c1-7-19-45-40(17-1)53(34-27-30-51-43(31-34)39-16-6-12-24-50(39)62-51)58-56(57-45)60-48-22-10-4-18-41(48)52-42(32-44-38-15-5-11-23-49(38)61-55(44)54(52)60)33-25-28-35(29-26-33)59-46-20-8-2-13-36(46)37-14-3-9-21-47(37)59/h1-25,27-33H,26H2. The highest BCUT2D eigenvalue weighted by Gasteiger charge is 2.27. The van der Waals surface area contributed by atoms with Crippen LogP contribution in [0.4, 0.5) is 0 Å². The first-order chi connectivity index (χ1) is 30.7. The van der Waals surface area contributed by atoms with Crippen molar-refractivity contribution in [2.75, 3.05) is 0 Å². The van der Waals surface area contributed by atoms with Gasteiger partial charge in [0, 0.05) is 75.1 Å². The fourth-order valence-electron chi connectivity index (χ4n) is 10.3. The van der Waals surface area contributed by atoms with E-state index in [9.17, 15) is 0 Å². The molecule has 1 atom stereocenters. The molecule has 0 radical (unpaired) electrons. The Labute approximate surface area is 358 Å². The van der Waals surface area contributed by atoms with Crippen molar-refractivity contribution in [2.45, 2.75) is 12.3 Å². The first-order valence-electron chi connectivity index (χ1n) is 21.2. The highest BCUT2D eigenvalue weighted by atomic mass is 32.1. The minimum absolute atomic E-state index is 0.118. The van der Waals surface area contributed by atoms with E-state index in [0.29, 0.717) is 5.95 Å². The summed E-state index contributed by atoms with van der Waals surface area (Å²) in [7, 11) is 0. The molecule has 5 nitrogen and oxygen atoms in total. The molecule has 6 heteroatoms. The molecule has 0 bridgehead atoms. The van der Waals surface area contributed by atoms with Crippen molar-refractivity contribution in [2.24, 2.45) is 0 Å². The Balaban J connectivity index is 1.02. The lowest BCUT2D eigenvalue weighted by atomic mass is 9.87. The van der Waals surface area contributed by atoms with Crippen LogP contribution in [0, 0.1) is 0 Å². The van der Waals surface area contributed by atoms with Crippen molar-refractivity contribution in [3.8, 4) is 17.2 Å². The van der Waals surface area contributed by atoms with Gasteiger partial charge in [0.1, 0.15) is 11.1 Å². The summed E-state index contributed by atoms with van der Waals surface area (Å²) in [6, 6.07) is 60.8. The van der Waals surface area contributed by atoms with E-state index in [1.54, 1.807) is 0 Å². The second-order valence-electron chi connectivity index (χ2n) is 16.4. The van der Waals surface area contributed by atoms with E-state index >= 15 is 0 Å². The SMILES string of the molecule is C1=CC(c2cc3c4ccccc4oc3c3c2c2ccccc2n3-c2nc(-c3ccc4sc5ccccc5c4c3)c3ccccc3n2)CC=C1n1c2ccccc2c2ccccc21. The summed E-state index contributed by atoms with van der Waals surface area (Å²) in [5.74, 6) is 0.735. The molecule has 0 amide bonds. The summed E-state index contributed by atoms with van der Waals surface area (Å²) in [5, 5.41) is 10.6. The van der Waals surface area contributed by atoms with Gasteiger partial charge in [-0.3, -0.25) is 4.57 Å². The van der Waals surface area contributed by atoms with Gasteiger partial charge in [-0.1, -0.05) is 127 Å². The largest absolute Gasteiger partial charge is 0.454 e. The zero-order chi connectivity index (χ0) is 40.5. The zero-order valence-corrected chi connectivity index (χ0v) is 34.1. The van der Waals surface area contributed by atoms with E-state index in [2.05, 4.69) is 197 Å². The van der Waals surface area contributed by atoms with Crippen LogP contribution in [0.15, 0.2) is 193 Å². The van der Waals surface area contributed by atoms with Crippen molar-refractivity contribution >= 4 is 114 Å². The number of furan rings is 1. The maximum atomic E-state index is 6.92. The summed E-state index contributed by atoms with van der Waals surface area (Å²) in [6.45, 7) is 0. The predicted octanol–water partition coefficient (Wildman–Crippen LogP) is 15.4. The van der Waals surface area contributed by atoms with Crippen molar-refractivity contribution in [3.63, 3.8) is 0 Å². The Morgan fingerprint density at radius 3 is 1.95 bits per heavy atom. The summed E-state index contributed by atoms with van der Waals surface area (Å²) >= 11 is 1.83. The van der Waals surface area contributed by atoms with Gasteiger partial charge in [0.15, 0.2) is 5.58 Å². The minimum Gasteiger partial charge on any atom is -0.454 e. The molecule has 1 aliphatic rings. The van der Waals surface area contributed by atoms with Crippen molar-refractivity contribution in [1.29, 1.82) is 0 Å². The van der Waals surface area contributed by atoms with E-state index in [4.69, 9.17) is 14.4 Å². The third-order valence-electron chi connectivity index (χ3n) is 13.1. The smallest absolute Gasteiger partial charge is 0.235 e. The monoisotopic (exact) mass is 810 g/mol. The third kappa shape index (κ3) is 4.78. The summed E-state index contributed by atoms with van der Waals surface area (Å²) in [6.07, 6.45) is 7.99. The average molecular weight is 811 g/mol. The number of para-hydroxylation sites is 5. The number of fused-ring (bicyclic) bond motifs is 14. The van der Waals surface area contributed by atoms with Crippen LogP contribution in [0.3, 0.4) is 0 Å². The van der Waals surface area contributed by atoms with Crippen molar-refractivity contribution in [3.05, 3.63) is 194 Å². The molecule has 0 spiro atoms. The molecule has 13 aromatic rings. The lowest BCUT2D eigenvalue weighted by Crippen LogP contribution is -2.05. The third-order valence-corrected chi connectivity index (χ3v) is 14.2. The van der Waals surface area contributed by atoms with E-state index in [0.717, 1.165) is 66.9 Å². The number of benzene rings is 8. The number of thiophene rings is 1. The van der Waals surface area contributed by atoms with Crippen LogP contribution in [0.1, 0.15) is 17.9 Å². The van der Waals surface area contributed by atoms with Crippen LogP contribution in [0.25, 0.3) is 120 Å². The molecular weight excluding hydrogens is 777 g/mol. The normalized spacial score (nSPS) is 14.6.